The molecule has 4 heteroatoms. The van der Waals surface area contributed by atoms with E-state index in [1.807, 2.05) is 7.05 Å². The third kappa shape index (κ3) is 3.27. The van der Waals surface area contributed by atoms with Crippen molar-refractivity contribution in [1.29, 1.82) is 0 Å². The van der Waals surface area contributed by atoms with Crippen LogP contribution in [0, 0.1) is 5.92 Å². The molecule has 98 valence electrons. The summed E-state index contributed by atoms with van der Waals surface area (Å²) in [6.07, 6.45) is 4.34. The highest BCUT2D eigenvalue weighted by atomic mass is 16.5. The van der Waals surface area contributed by atoms with E-state index in [9.17, 15) is 4.79 Å². The lowest BCUT2D eigenvalue weighted by atomic mass is 9.78. The molecule has 0 amide bonds. The van der Waals surface area contributed by atoms with Gasteiger partial charge in [0, 0.05) is 38.7 Å². The van der Waals surface area contributed by atoms with Gasteiger partial charge in [0.25, 0.3) is 0 Å². The lowest BCUT2D eigenvalue weighted by Crippen LogP contribution is -2.46. The fourth-order valence-electron chi connectivity index (χ4n) is 2.85. The maximum absolute atomic E-state index is 12.1. The van der Waals surface area contributed by atoms with E-state index in [-0.39, 0.29) is 11.5 Å². The van der Waals surface area contributed by atoms with Crippen LogP contribution in [0.3, 0.4) is 0 Å². The molecule has 2 aliphatic heterocycles. The highest BCUT2D eigenvalue weighted by molar-refractivity contribution is 5.81. The molecule has 2 heterocycles. The van der Waals surface area contributed by atoms with Crippen LogP contribution in [0.4, 0.5) is 0 Å². The molecule has 4 nitrogen and oxygen atoms in total. The first-order chi connectivity index (χ1) is 8.26. The lowest BCUT2D eigenvalue weighted by Gasteiger charge is -2.42. The smallest absolute Gasteiger partial charge is 0.137 e. The Morgan fingerprint density at radius 1 is 1.35 bits per heavy atom. The molecule has 1 atom stereocenters. The fraction of sp³-hybridized carbons (Fsp3) is 0.923. The molecule has 0 bridgehead atoms. The molecule has 1 N–H and O–H groups in total. The van der Waals surface area contributed by atoms with Crippen LogP contribution in [0.5, 0.6) is 0 Å². The van der Waals surface area contributed by atoms with Crippen LogP contribution in [-0.2, 0) is 14.3 Å². The first-order valence-corrected chi connectivity index (χ1v) is 6.65. The molecule has 0 aliphatic carbocycles. The number of carbonyl (C=O) groups excluding carboxylic acids is 1. The Balaban J connectivity index is 1.89. The Bertz CT molecular complexity index is 256. The predicted octanol–water partition coefficient (Wildman–Crippen LogP) is 1.14. The molecule has 0 aromatic carbocycles. The van der Waals surface area contributed by atoms with Crippen LogP contribution in [0.25, 0.3) is 0 Å². The summed E-state index contributed by atoms with van der Waals surface area (Å²) in [5, 5.41) is 3.04. The minimum atomic E-state index is -0.0591. The van der Waals surface area contributed by atoms with Gasteiger partial charge in [-0.25, -0.2) is 0 Å². The van der Waals surface area contributed by atoms with Crippen LogP contribution in [0.2, 0.25) is 0 Å². The van der Waals surface area contributed by atoms with Gasteiger partial charge in [-0.15, -0.1) is 0 Å². The molecule has 2 rings (SSSR count). The van der Waals surface area contributed by atoms with Crippen molar-refractivity contribution in [2.75, 3.05) is 33.4 Å². The molecule has 2 saturated heterocycles. The first kappa shape index (κ1) is 13.0. The molecule has 0 aromatic heterocycles. The largest absolute Gasteiger partial charge is 0.381 e. The minimum absolute atomic E-state index is 0.0591. The molecule has 17 heavy (non-hydrogen) atoms. The van der Waals surface area contributed by atoms with Gasteiger partial charge in [-0.1, -0.05) is 0 Å². The van der Waals surface area contributed by atoms with Gasteiger partial charge in [0.05, 0.1) is 5.60 Å². The average molecular weight is 241 g/mol. The summed E-state index contributed by atoms with van der Waals surface area (Å²) in [7, 11) is 1.89. The Morgan fingerprint density at radius 2 is 2.12 bits per heavy atom. The van der Waals surface area contributed by atoms with E-state index in [0.29, 0.717) is 12.2 Å². The molecular formula is C13H23NO3. The van der Waals surface area contributed by atoms with Crippen LogP contribution >= 0.6 is 0 Å². The molecule has 1 spiro atoms. The van der Waals surface area contributed by atoms with Crippen LogP contribution in [-0.4, -0.2) is 44.8 Å². The zero-order valence-electron chi connectivity index (χ0n) is 10.7. The van der Waals surface area contributed by atoms with Crippen molar-refractivity contribution >= 4 is 5.78 Å². The van der Waals surface area contributed by atoms with E-state index in [1.165, 1.54) is 0 Å². The molecule has 2 fully saturated rings. The van der Waals surface area contributed by atoms with Gasteiger partial charge in [-0.2, -0.15) is 0 Å². The summed E-state index contributed by atoms with van der Waals surface area (Å²) < 4.78 is 11.3. The van der Waals surface area contributed by atoms with E-state index >= 15 is 0 Å². The van der Waals surface area contributed by atoms with Crippen molar-refractivity contribution < 1.29 is 14.3 Å². The Morgan fingerprint density at radius 3 is 2.82 bits per heavy atom. The molecular weight excluding hydrogens is 218 g/mol. The van der Waals surface area contributed by atoms with Gasteiger partial charge >= 0.3 is 0 Å². The summed E-state index contributed by atoms with van der Waals surface area (Å²) in [5.74, 6) is 0.601. The standard InChI is InChI=1S/C13H23NO3/c1-14-6-2-12(15)11-3-7-17-13(10-11)4-8-16-9-5-13/h11,14H,2-10H2,1H3. The monoisotopic (exact) mass is 241 g/mol. The van der Waals surface area contributed by atoms with Crippen LogP contribution < -0.4 is 5.32 Å². The quantitative estimate of drug-likeness (QED) is 0.802. The predicted molar refractivity (Wildman–Crippen MR) is 65.0 cm³/mol. The number of Topliss-reactive ketones (excluding diaryl/α,β-unsaturated/α-hetero) is 1. The second-order valence-electron chi connectivity index (χ2n) is 5.15. The zero-order chi connectivity index (χ0) is 12.1. The highest BCUT2D eigenvalue weighted by Crippen LogP contribution is 2.37. The van der Waals surface area contributed by atoms with Gasteiger partial charge in [-0.05, 0) is 32.7 Å². The van der Waals surface area contributed by atoms with Gasteiger partial charge in [0.1, 0.15) is 5.78 Å². The molecule has 0 radical (unpaired) electrons. The summed E-state index contributed by atoms with van der Waals surface area (Å²) in [5.41, 5.74) is -0.0591. The van der Waals surface area contributed by atoms with Gasteiger partial charge < -0.3 is 14.8 Å². The van der Waals surface area contributed by atoms with E-state index < -0.39 is 0 Å². The number of hydrogen-bond donors (Lipinski definition) is 1. The second-order valence-corrected chi connectivity index (χ2v) is 5.15. The Kier molecular flexibility index (Phi) is 4.54. The number of nitrogens with one attached hydrogen (secondary N) is 1. The van der Waals surface area contributed by atoms with Gasteiger partial charge in [-0.3, -0.25) is 4.79 Å². The number of carbonyl (C=O) groups is 1. The van der Waals surface area contributed by atoms with Crippen molar-refractivity contribution in [2.24, 2.45) is 5.92 Å². The van der Waals surface area contributed by atoms with Gasteiger partial charge in [0.15, 0.2) is 0 Å². The van der Waals surface area contributed by atoms with E-state index in [2.05, 4.69) is 5.32 Å². The Labute approximate surface area is 103 Å². The van der Waals surface area contributed by atoms with Crippen molar-refractivity contribution in [3.05, 3.63) is 0 Å². The van der Waals surface area contributed by atoms with Crippen LogP contribution in [0.15, 0.2) is 0 Å². The molecule has 0 aromatic rings. The summed E-state index contributed by atoms with van der Waals surface area (Å²) in [6.45, 7) is 3.07. The third-order valence-electron chi connectivity index (χ3n) is 3.97. The van der Waals surface area contributed by atoms with Crippen molar-refractivity contribution in [3.8, 4) is 0 Å². The van der Waals surface area contributed by atoms with E-state index in [0.717, 1.165) is 52.0 Å². The fourth-order valence-corrected chi connectivity index (χ4v) is 2.85. The molecule has 2 aliphatic rings. The Hall–Kier alpha value is -0.450. The molecule has 0 saturated carbocycles. The van der Waals surface area contributed by atoms with Crippen molar-refractivity contribution in [3.63, 3.8) is 0 Å². The van der Waals surface area contributed by atoms with Crippen LogP contribution in [0.1, 0.15) is 32.1 Å². The third-order valence-corrected chi connectivity index (χ3v) is 3.97. The normalized spacial score (nSPS) is 28.2. The van der Waals surface area contributed by atoms with Crippen molar-refractivity contribution in [2.45, 2.75) is 37.7 Å². The van der Waals surface area contributed by atoms with E-state index in [1.54, 1.807) is 0 Å². The minimum Gasteiger partial charge on any atom is -0.381 e. The van der Waals surface area contributed by atoms with Crippen molar-refractivity contribution in [1.82, 2.24) is 5.32 Å². The molecule has 1 unspecified atom stereocenters. The topological polar surface area (TPSA) is 47.6 Å². The number of ether oxygens (including phenoxy) is 2. The number of ketones is 1. The SMILES string of the molecule is CNCCC(=O)C1CCOC2(CCOCC2)C1. The summed E-state index contributed by atoms with van der Waals surface area (Å²) >= 11 is 0. The summed E-state index contributed by atoms with van der Waals surface area (Å²) in [6, 6.07) is 0. The number of rotatable bonds is 4. The second kappa shape index (κ2) is 5.94. The zero-order valence-corrected chi connectivity index (χ0v) is 10.7. The maximum atomic E-state index is 12.1. The highest BCUT2D eigenvalue weighted by Gasteiger charge is 2.40. The average Bonchev–Trinajstić information content (AvgIpc) is 2.37. The van der Waals surface area contributed by atoms with Gasteiger partial charge in [0.2, 0.25) is 0 Å². The number of hydrogen-bond acceptors (Lipinski definition) is 4. The maximum Gasteiger partial charge on any atom is 0.137 e. The first-order valence-electron chi connectivity index (χ1n) is 6.65. The lowest BCUT2D eigenvalue weighted by molar-refractivity contribution is -0.156. The summed E-state index contributed by atoms with van der Waals surface area (Å²) in [4.78, 5) is 12.1. The van der Waals surface area contributed by atoms with E-state index in [4.69, 9.17) is 9.47 Å².